The highest BCUT2D eigenvalue weighted by molar-refractivity contribution is 5.79. The minimum atomic E-state index is -0.415. The van der Waals surface area contributed by atoms with E-state index in [0.717, 1.165) is 30.9 Å². The molecule has 0 unspecified atom stereocenters. The molecule has 0 radical (unpaired) electrons. The van der Waals surface area contributed by atoms with Gasteiger partial charge in [0.05, 0.1) is 7.11 Å². The number of fused-ring (bicyclic) bond motifs is 3. The average Bonchev–Trinajstić information content (AvgIpc) is 3.21. The van der Waals surface area contributed by atoms with Crippen LogP contribution in [0.5, 0.6) is 5.75 Å². The van der Waals surface area contributed by atoms with Gasteiger partial charge in [-0.1, -0.05) is 67.1 Å². The molecule has 5 rings (SSSR count). The molecule has 2 aliphatic rings. The van der Waals surface area contributed by atoms with Crippen molar-refractivity contribution in [1.29, 1.82) is 0 Å². The standard InChI is InChI=1S/C29H32N2O3/c1-33-28-17-21(19-31-15-7-2-8-16-31)13-14-22(28)18-30-29(32)34-20-27-25-11-5-3-9-23(25)24-10-4-6-12-26(24)27/h3-6,9-14,17,27H,2,7-8,15-16,18-20H2,1H3,(H,30,32). The molecule has 1 heterocycles. The van der Waals surface area contributed by atoms with E-state index in [9.17, 15) is 4.79 Å². The Morgan fingerprint density at radius 2 is 1.62 bits per heavy atom. The summed E-state index contributed by atoms with van der Waals surface area (Å²) in [7, 11) is 1.68. The summed E-state index contributed by atoms with van der Waals surface area (Å²) in [5.74, 6) is 0.857. The predicted molar refractivity (Wildman–Crippen MR) is 134 cm³/mol. The molecule has 176 valence electrons. The smallest absolute Gasteiger partial charge is 0.407 e. The first-order valence-corrected chi connectivity index (χ1v) is 12.2. The summed E-state index contributed by atoms with van der Waals surface area (Å²) in [6, 6.07) is 23.0. The first kappa shape index (κ1) is 22.5. The highest BCUT2D eigenvalue weighted by Crippen LogP contribution is 2.44. The minimum Gasteiger partial charge on any atom is -0.496 e. The number of hydrogen-bond donors (Lipinski definition) is 1. The number of nitrogens with zero attached hydrogens (tertiary/aromatic N) is 1. The van der Waals surface area contributed by atoms with Gasteiger partial charge >= 0.3 is 6.09 Å². The van der Waals surface area contributed by atoms with Crippen molar-refractivity contribution in [2.75, 3.05) is 26.8 Å². The molecule has 0 bridgehead atoms. The molecule has 3 aromatic carbocycles. The first-order chi connectivity index (χ1) is 16.7. The van der Waals surface area contributed by atoms with Crippen LogP contribution in [-0.2, 0) is 17.8 Å². The van der Waals surface area contributed by atoms with Crippen LogP contribution in [0.25, 0.3) is 11.1 Å². The van der Waals surface area contributed by atoms with Crippen LogP contribution in [0.1, 0.15) is 47.4 Å². The second-order valence-electron chi connectivity index (χ2n) is 9.16. The molecule has 34 heavy (non-hydrogen) atoms. The Morgan fingerprint density at radius 1 is 0.941 bits per heavy atom. The normalized spacial score (nSPS) is 15.4. The first-order valence-electron chi connectivity index (χ1n) is 12.2. The molecule has 0 atom stereocenters. The van der Waals surface area contributed by atoms with Gasteiger partial charge < -0.3 is 14.8 Å². The highest BCUT2D eigenvalue weighted by Gasteiger charge is 2.29. The lowest BCUT2D eigenvalue weighted by Crippen LogP contribution is -2.29. The van der Waals surface area contributed by atoms with E-state index in [-0.39, 0.29) is 5.92 Å². The number of alkyl carbamates (subject to hydrolysis) is 1. The van der Waals surface area contributed by atoms with Crippen molar-refractivity contribution in [3.8, 4) is 16.9 Å². The van der Waals surface area contributed by atoms with Crippen molar-refractivity contribution in [3.05, 3.63) is 89.0 Å². The van der Waals surface area contributed by atoms with Crippen LogP contribution >= 0.6 is 0 Å². The number of likely N-dealkylation sites (tertiary alicyclic amines) is 1. The molecule has 5 nitrogen and oxygen atoms in total. The second kappa shape index (κ2) is 10.3. The molecule has 0 spiro atoms. The summed E-state index contributed by atoms with van der Waals surface area (Å²) in [6.07, 6.45) is 3.47. The fraction of sp³-hybridized carbons (Fsp3) is 0.345. The van der Waals surface area contributed by atoms with Crippen LogP contribution in [0.15, 0.2) is 66.7 Å². The van der Waals surface area contributed by atoms with Gasteiger partial charge in [-0.15, -0.1) is 0 Å². The number of benzene rings is 3. The average molecular weight is 457 g/mol. The molecule has 5 heteroatoms. The van der Waals surface area contributed by atoms with Crippen molar-refractivity contribution >= 4 is 6.09 Å². The van der Waals surface area contributed by atoms with Crippen molar-refractivity contribution in [1.82, 2.24) is 10.2 Å². The maximum Gasteiger partial charge on any atom is 0.407 e. The number of methoxy groups -OCH3 is 1. The Balaban J connectivity index is 1.18. The van der Waals surface area contributed by atoms with Gasteiger partial charge in [-0.25, -0.2) is 4.79 Å². The largest absolute Gasteiger partial charge is 0.496 e. The quantitative estimate of drug-likeness (QED) is 0.494. The number of carbonyl (C=O) groups is 1. The second-order valence-corrected chi connectivity index (χ2v) is 9.16. The molecule has 1 amide bonds. The van der Waals surface area contributed by atoms with E-state index in [0.29, 0.717) is 13.2 Å². The van der Waals surface area contributed by atoms with Gasteiger partial charge in [0.1, 0.15) is 12.4 Å². The van der Waals surface area contributed by atoms with Crippen molar-refractivity contribution < 1.29 is 14.3 Å². The van der Waals surface area contributed by atoms with Crippen LogP contribution in [0, 0.1) is 0 Å². The van der Waals surface area contributed by atoms with Crippen LogP contribution in [0.4, 0.5) is 4.79 Å². The number of nitrogens with one attached hydrogen (secondary N) is 1. The maximum absolute atomic E-state index is 12.5. The highest BCUT2D eigenvalue weighted by atomic mass is 16.5. The fourth-order valence-electron chi connectivity index (χ4n) is 5.23. The molecule has 0 saturated carbocycles. The monoisotopic (exact) mass is 456 g/mol. The van der Waals surface area contributed by atoms with Gasteiger partial charge in [0.15, 0.2) is 0 Å². The number of piperidine rings is 1. The van der Waals surface area contributed by atoms with Crippen LogP contribution < -0.4 is 10.1 Å². The number of carbonyl (C=O) groups excluding carboxylic acids is 1. The lowest BCUT2D eigenvalue weighted by molar-refractivity contribution is 0.142. The Labute approximate surface area is 201 Å². The SMILES string of the molecule is COc1cc(CN2CCCCC2)ccc1CNC(=O)OCC1c2ccccc2-c2ccccc21. The Kier molecular flexibility index (Phi) is 6.82. The molecule has 1 saturated heterocycles. The Hall–Kier alpha value is -3.31. The third-order valence-electron chi connectivity index (χ3n) is 6.97. The van der Waals surface area contributed by atoms with Gasteiger partial charge in [-0.05, 0) is 59.8 Å². The third kappa shape index (κ3) is 4.80. The van der Waals surface area contributed by atoms with Gasteiger partial charge in [-0.2, -0.15) is 0 Å². The number of rotatable bonds is 7. The van der Waals surface area contributed by atoms with E-state index >= 15 is 0 Å². The van der Waals surface area contributed by atoms with Crippen molar-refractivity contribution in [2.24, 2.45) is 0 Å². The fourth-order valence-corrected chi connectivity index (χ4v) is 5.23. The zero-order chi connectivity index (χ0) is 23.3. The van der Waals surface area contributed by atoms with Gasteiger partial charge in [-0.3, -0.25) is 4.90 Å². The molecule has 3 aromatic rings. The van der Waals surface area contributed by atoms with E-state index in [2.05, 4.69) is 58.7 Å². The van der Waals surface area contributed by atoms with Gasteiger partial charge in [0.25, 0.3) is 0 Å². The van der Waals surface area contributed by atoms with E-state index in [4.69, 9.17) is 9.47 Å². The van der Waals surface area contributed by atoms with E-state index in [1.54, 1.807) is 7.11 Å². The van der Waals surface area contributed by atoms with Crippen LogP contribution in [0.2, 0.25) is 0 Å². The third-order valence-corrected chi connectivity index (χ3v) is 6.97. The van der Waals surface area contributed by atoms with E-state index in [1.165, 1.54) is 47.1 Å². The lowest BCUT2D eigenvalue weighted by atomic mass is 9.98. The van der Waals surface area contributed by atoms with Crippen LogP contribution in [-0.4, -0.2) is 37.8 Å². The van der Waals surface area contributed by atoms with E-state index in [1.807, 2.05) is 18.2 Å². The summed E-state index contributed by atoms with van der Waals surface area (Å²) >= 11 is 0. The summed E-state index contributed by atoms with van der Waals surface area (Å²) in [6.45, 7) is 3.94. The molecular weight excluding hydrogens is 424 g/mol. The molecule has 1 N–H and O–H groups in total. The minimum absolute atomic E-state index is 0.0572. The molecule has 1 aliphatic heterocycles. The van der Waals surface area contributed by atoms with Gasteiger partial charge in [0, 0.05) is 24.6 Å². The van der Waals surface area contributed by atoms with Crippen molar-refractivity contribution in [2.45, 2.75) is 38.3 Å². The number of hydrogen-bond acceptors (Lipinski definition) is 4. The van der Waals surface area contributed by atoms with Crippen LogP contribution in [0.3, 0.4) is 0 Å². The Morgan fingerprint density at radius 3 is 2.29 bits per heavy atom. The zero-order valence-corrected chi connectivity index (χ0v) is 19.8. The molecule has 1 fully saturated rings. The topological polar surface area (TPSA) is 50.8 Å². The summed E-state index contributed by atoms with van der Waals surface area (Å²) in [5, 5.41) is 2.89. The number of ether oxygens (including phenoxy) is 2. The Bertz CT molecular complexity index is 1110. The summed E-state index contributed by atoms with van der Waals surface area (Å²) < 4.78 is 11.3. The summed E-state index contributed by atoms with van der Waals surface area (Å²) in [4.78, 5) is 15.0. The zero-order valence-electron chi connectivity index (χ0n) is 19.8. The maximum atomic E-state index is 12.5. The molecular formula is C29H32N2O3. The van der Waals surface area contributed by atoms with E-state index < -0.39 is 6.09 Å². The molecule has 0 aromatic heterocycles. The van der Waals surface area contributed by atoms with Gasteiger partial charge in [0.2, 0.25) is 0 Å². The summed E-state index contributed by atoms with van der Waals surface area (Å²) in [5.41, 5.74) is 7.05. The molecule has 1 aliphatic carbocycles. The lowest BCUT2D eigenvalue weighted by Gasteiger charge is -2.26. The number of amides is 1. The predicted octanol–water partition coefficient (Wildman–Crippen LogP) is 5.72. The van der Waals surface area contributed by atoms with Crippen molar-refractivity contribution in [3.63, 3.8) is 0 Å².